The van der Waals surface area contributed by atoms with E-state index in [0.29, 0.717) is 50.4 Å². The molecule has 10 nitrogen and oxygen atoms in total. The van der Waals surface area contributed by atoms with Crippen molar-refractivity contribution in [2.24, 2.45) is 11.5 Å². The number of thiophene rings is 1. The minimum Gasteiger partial charge on any atom is -0.457 e. The number of hydrogen-bond acceptors (Lipinski definition) is 10. The first kappa shape index (κ1) is 32.0. The van der Waals surface area contributed by atoms with Crippen molar-refractivity contribution in [2.45, 2.75) is 42.8 Å². The number of nitrogens with zero attached hydrogens (tertiary/aromatic N) is 1. The number of aryl methyl sites for hydroxylation is 2. The second-order valence-corrected chi connectivity index (χ2v) is 14.9. The van der Waals surface area contributed by atoms with Gasteiger partial charge in [-0.15, -0.1) is 11.3 Å². The van der Waals surface area contributed by atoms with Crippen LogP contribution in [-0.4, -0.2) is 44.2 Å². The van der Waals surface area contributed by atoms with Crippen molar-refractivity contribution in [3.8, 4) is 11.5 Å². The molecule has 0 bridgehead atoms. The lowest BCUT2D eigenvalue weighted by Crippen LogP contribution is -2.53. The Balaban J connectivity index is 1.22. The number of likely N-dealkylation sites (tertiary alicyclic amines) is 1. The van der Waals surface area contributed by atoms with Gasteiger partial charge < -0.3 is 26.8 Å². The summed E-state index contributed by atoms with van der Waals surface area (Å²) >= 11 is 1.16. The maximum absolute atomic E-state index is 14.3. The minimum absolute atomic E-state index is 0.0539. The molecule has 246 valence electrons. The van der Waals surface area contributed by atoms with Crippen molar-refractivity contribution in [2.75, 3.05) is 18.8 Å². The topological polar surface area (TPSA) is 168 Å². The van der Waals surface area contributed by atoms with Crippen LogP contribution in [0.2, 0.25) is 0 Å². The van der Waals surface area contributed by atoms with Crippen molar-refractivity contribution in [3.05, 3.63) is 118 Å². The molecule has 7 rings (SSSR count). The zero-order valence-corrected chi connectivity index (χ0v) is 27.9. The summed E-state index contributed by atoms with van der Waals surface area (Å²) in [5, 5.41) is 0.593. The molecule has 2 aliphatic rings. The summed E-state index contributed by atoms with van der Waals surface area (Å²) in [5.74, 6) is 0.429. The number of carbonyl (C=O) groups excluding carboxylic acids is 2. The zero-order chi connectivity index (χ0) is 34.0. The molecule has 5 aromatic rings. The molecule has 1 saturated heterocycles. The molecule has 1 amide bonds. The second-order valence-electron chi connectivity index (χ2n) is 12.3. The number of anilines is 1. The van der Waals surface area contributed by atoms with Crippen molar-refractivity contribution in [1.82, 2.24) is 4.90 Å². The zero-order valence-electron chi connectivity index (χ0n) is 26.3. The quantitative estimate of drug-likeness (QED) is 0.152. The number of ether oxygens (including phenoxy) is 1. The summed E-state index contributed by atoms with van der Waals surface area (Å²) in [4.78, 5) is 30.2. The van der Waals surface area contributed by atoms with Gasteiger partial charge in [0.2, 0.25) is 0 Å². The highest BCUT2D eigenvalue weighted by atomic mass is 32.2. The number of ketones is 1. The Morgan fingerprint density at radius 3 is 2.38 bits per heavy atom. The Kier molecular flexibility index (Phi) is 7.88. The van der Waals surface area contributed by atoms with Crippen LogP contribution in [-0.2, 0) is 24.6 Å². The van der Waals surface area contributed by atoms with E-state index in [2.05, 4.69) is 0 Å². The first-order valence-electron chi connectivity index (χ1n) is 15.5. The Hall–Kier alpha value is -4.59. The van der Waals surface area contributed by atoms with E-state index < -0.39 is 33.6 Å². The number of amides is 1. The van der Waals surface area contributed by atoms with Crippen molar-refractivity contribution >= 4 is 48.9 Å². The fourth-order valence-corrected chi connectivity index (χ4v) is 9.02. The van der Waals surface area contributed by atoms with Gasteiger partial charge in [0.15, 0.2) is 5.78 Å². The Morgan fingerprint density at radius 2 is 1.67 bits per heavy atom. The van der Waals surface area contributed by atoms with E-state index >= 15 is 0 Å². The SMILES string of the molecule is Cc1ccc(S(=O)(=O)O[C@@H]2CCN(C(=O)c3sc4c(N)ccc5c4c3[C@@H](N)C(=O)[C@@]5(N)c3ccc(Oc4ccccc4)cc3C)C2)cc1. The number of hydrogen-bond donors (Lipinski definition) is 3. The average Bonchev–Trinajstić information content (AvgIpc) is 3.69. The van der Waals surface area contributed by atoms with Gasteiger partial charge in [0.05, 0.1) is 26.6 Å². The van der Waals surface area contributed by atoms with Crippen LogP contribution in [0.3, 0.4) is 0 Å². The van der Waals surface area contributed by atoms with E-state index in [0.717, 1.165) is 22.5 Å². The van der Waals surface area contributed by atoms with Crippen LogP contribution in [0.15, 0.2) is 89.8 Å². The molecule has 1 fully saturated rings. The molecule has 1 aliphatic heterocycles. The van der Waals surface area contributed by atoms with Crippen molar-refractivity contribution < 1.29 is 26.9 Å². The largest absolute Gasteiger partial charge is 0.457 e. The summed E-state index contributed by atoms with van der Waals surface area (Å²) < 4.78 is 38.0. The van der Waals surface area contributed by atoms with E-state index in [9.17, 15) is 18.0 Å². The van der Waals surface area contributed by atoms with Crippen LogP contribution in [0, 0.1) is 13.8 Å². The number of nitrogen functional groups attached to an aromatic ring is 1. The molecule has 2 heterocycles. The molecule has 12 heteroatoms. The summed E-state index contributed by atoms with van der Waals surface area (Å²) in [6.45, 7) is 4.05. The van der Waals surface area contributed by atoms with Gasteiger partial charge in [0, 0.05) is 29.7 Å². The predicted octanol–water partition coefficient (Wildman–Crippen LogP) is 5.30. The van der Waals surface area contributed by atoms with Crippen LogP contribution in [0.5, 0.6) is 11.5 Å². The molecule has 1 aromatic heterocycles. The number of rotatable bonds is 7. The third kappa shape index (κ3) is 5.26. The van der Waals surface area contributed by atoms with Crippen LogP contribution >= 0.6 is 11.3 Å². The summed E-state index contributed by atoms with van der Waals surface area (Å²) in [5.41, 5.74) is 22.2. The van der Waals surface area contributed by atoms with Crippen molar-refractivity contribution in [1.29, 1.82) is 0 Å². The standard InChI is InChI=1S/C36H34N4O6S2/c1-20-8-11-25(12-9-20)48(43,44)46-24-16-17-40(19-24)35(42)33-30-29-27(14-15-28(37)32(29)47-33)36(39,34(41)31(30)38)26-13-10-23(18-21(26)2)45-22-6-4-3-5-7-22/h3-15,18,24,31H,16-17,19,37-39H2,1-2H3/t24-,31-,36-/m1/s1. The highest BCUT2D eigenvalue weighted by Crippen LogP contribution is 2.50. The lowest BCUT2D eigenvalue weighted by molar-refractivity contribution is -0.124. The molecule has 0 saturated carbocycles. The van der Waals surface area contributed by atoms with E-state index in [1.54, 1.807) is 36.4 Å². The molecule has 48 heavy (non-hydrogen) atoms. The Bertz CT molecular complexity index is 2200. The van der Waals surface area contributed by atoms with Gasteiger partial charge in [-0.05, 0) is 79.4 Å². The molecule has 0 radical (unpaired) electrons. The third-order valence-electron chi connectivity index (χ3n) is 9.11. The summed E-state index contributed by atoms with van der Waals surface area (Å²) in [6, 6.07) is 23.3. The Labute approximate surface area is 282 Å². The molecule has 6 N–H and O–H groups in total. The van der Waals surface area contributed by atoms with Crippen LogP contribution < -0.4 is 21.9 Å². The number of Topliss-reactive ketones (excluding diaryl/α,β-unsaturated/α-hetero) is 1. The maximum atomic E-state index is 14.3. The van der Waals surface area contributed by atoms with Gasteiger partial charge >= 0.3 is 0 Å². The lowest BCUT2D eigenvalue weighted by atomic mass is 9.69. The first-order chi connectivity index (χ1) is 22.9. The summed E-state index contributed by atoms with van der Waals surface area (Å²) in [6.07, 6.45) is -0.402. The van der Waals surface area contributed by atoms with E-state index in [1.807, 2.05) is 50.2 Å². The van der Waals surface area contributed by atoms with E-state index in [4.69, 9.17) is 26.1 Å². The van der Waals surface area contributed by atoms with Gasteiger partial charge in [-0.25, -0.2) is 0 Å². The lowest BCUT2D eigenvalue weighted by Gasteiger charge is -2.37. The van der Waals surface area contributed by atoms with Gasteiger partial charge in [-0.1, -0.05) is 48.0 Å². The molecule has 0 spiro atoms. The smallest absolute Gasteiger partial charge is 0.297 e. The van der Waals surface area contributed by atoms with Gasteiger partial charge in [0.25, 0.3) is 16.0 Å². The molecule has 3 atom stereocenters. The molecular weight excluding hydrogens is 649 g/mol. The number of benzene rings is 4. The Morgan fingerprint density at radius 1 is 0.958 bits per heavy atom. The van der Waals surface area contributed by atoms with Crippen LogP contribution in [0.4, 0.5) is 5.69 Å². The number of nitrogens with two attached hydrogens (primary N) is 3. The minimum atomic E-state index is -4.03. The second kappa shape index (κ2) is 11.8. The third-order valence-corrected chi connectivity index (χ3v) is 11.7. The summed E-state index contributed by atoms with van der Waals surface area (Å²) in [7, 11) is -4.03. The predicted molar refractivity (Wildman–Crippen MR) is 185 cm³/mol. The van der Waals surface area contributed by atoms with E-state index in [-0.39, 0.29) is 28.8 Å². The fraction of sp³-hybridized carbons (Fsp3) is 0.222. The maximum Gasteiger partial charge on any atom is 0.297 e. The highest BCUT2D eigenvalue weighted by molar-refractivity contribution is 7.86. The first-order valence-corrected chi connectivity index (χ1v) is 17.7. The normalized spacial score (nSPS) is 20.8. The van der Waals surface area contributed by atoms with E-state index in [1.165, 1.54) is 17.0 Å². The molecular formula is C36H34N4O6S2. The highest BCUT2D eigenvalue weighted by Gasteiger charge is 2.50. The van der Waals surface area contributed by atoms with Gasteiger partial charge in [-0.2, -0.15) is 8.42 Å². The fourth-order valence-electron chi connectivity index (χ4n) is 6.66. The number of para-hydroxylation sites is 1. The average molecular weight is 683 g/mol. The van der Waals surface area contributed by atoms with Crippen LogP contribution in [0.1, 0.15) is 50.0 Å². The van der Waals surface area contributed by atoms with Crippen molar-refractivity contribution in [3.63, 3.8) is 0 Å². The molecule has 0 unspecified atom stereocenters. The molecule has 4 aromatic carbocycles. The van der Waals surface area contributed by atoms with Gasteiger partial charge in [0.1, 0.15) is 17.0 Å². The monoisotopic (exact) mass is 682 g/mol. The number of carbonyl (C=O) groups is 2. The van der Waals surface area contributed by atoms with Crippen LogP contribution in [0.25, 0.3) is 10.1 Å². The van der Waals surface area contributed by atoms with Gasteiger partial charge in [-0.3, -0.25) is 13.8 Å². The molecule has 1 aliphatic carbocycles.